The molecule has 4 rings (SSSR count). The Labute approximate surface area is 227 Å². The van der Waals surface area contributed by atoms with E-state index < -0.39 is 23.5 Å². The highest BCUT2D eigenvalue weighted by molar-refractivity contribution is 6.16. The summed E-state index contributed by atoms with van der Waals surface area (Å²) >= 11 is 0. The molecule has 0 saturated heterocycles. The zero-order valence-corrected chi connectivity index (χ0v) is 22.7. The smallest absolute Gasteiger partial charge is 0.290 e. The van der Waals surface area contributed by atoms with Crippen LogP contribution in [-0.4, -0.2) is 74.1 Å². The number of hydrogen-bond acceptors (Lipinski definition) is 8. The number of carbonyl (C=O) groups excluding carboxylic acids is 2. The first-order valence-electron chi connectivity index (χ1n) is 12.8. The predicted molar refractivity (Wildman–Crippen MR) is 148 cm³/mol. The molecule has 1 aromatic heterocycles. The highest BCUT2D eigenvalue weighted by atomic mass is 16.5. The van der Waals surface area contributed by atoms with Crippen molar-refractivity contribution in [2.75, 3.05) is 47.5 Å². The van der Waals surface area contributed by atoms with Gasteiger partial charge in [-0.15, -0.1) is 0 Å². The first-order chi connectivity index (χ1) is 18.8. The van der Waals surface area contributed by atoms with Gasteiger partial charge in [0.1, 0.15) is 6.61 Å². The largest absolute Gasteiger partial charge is 0.503 e. The molecule has 0 bridgehead atoms. The molecule has 1 N–H and O–H groups in total. The maximum Gasteiger partial charge on any atom is 0.290 e. The molecule has 0 fully saturated rings. The Hall–Kier alpha value is -4.24. The highest BCUT2D eigenvalue weighted by Gasteiger charge is 2.44. The van der Waals surface area contributed by atoms with Gasteiger partial charge in [-0.1, -0.05) is 30.9 Å². The number of hydrogen-bond donors (Lipinski definition) is 1. The minimum absolute atomic E-state index is 0.0000374. The van der Waals surface area contributed by atoms with Crippen LogP contribution in [0.5, 0.6) is 17.2 Å². The summed E-state index contributed by atoms with van der Waals surface area (Å²) in [5.74, 6) is -0.332. The lowest BCUT2D eigenvalue weighted by atomic mass is 9.94. The highest BCUT2D eigenvalue weighted by Crippen LogP contribution is 2.42. The fourth-order valence-corrected chi connectivity index (χ4v) is 4.69. The van der Waals surface area contributed by atoms with E-state index in [1.54, 1.807) is 48.5 Å². The zero-order valence-electron chi connectivity index (χ0n) is 22.7. The van der Waals surface area contributed by atoms with Gasteiger partial charge in [0.25, 0.3) is 5.91 Å². The average molecular weight is 535 g/mol. The molecule has 0 saturated carbocycles. The number of methoxy groups -OCH3 is 1. The molecule has 39 heavy (non-hydrogen) atoms. The van der Waals surface area contributed by atoms with Gasteiger partial charge in [-0.2, -0.15) is 0 Å². The number of rotatable bonds is 13. The third-order valence-electron chi connectivity index (χ3n) is 6.44. The van der Waals surface area contributed by atoms with Gasteiger partial charge in [0, 0.05) is 11.9 Å². The molecule has 2 heterocycles. The van der Waals surface area contributed by atoms with Crippen molar-refractivity contribution in [3.05, 3.63) is 77.8 Å². The second-order valence-electron chi connectivity index (χ2n) is 9.38. The maximum absolute atomic E-state index is 13.9. The molecule has 206 valence electrons. The summed E-state index contributed by atoms with van der Waals surface area (Å²) < 4.78 is 22.8. The topological polar surface area (TPSA) is 102 Å². The van der Waals surface area contributed by atoms with Crippen LogP contribution < -0.4 is 14.2 Å². The second kappa shape index (κ2) is 12.1. The Morgan fingerprint density at radius 2 is 1.95 bits per heavy atom. The van der Waals surface area contributed by atoms with E-state index in [4.69, 9.17) is 18.6 Å². The van der Waals surface area contributed by atoms with Crippen LogP contribution in [0.2, 0.25) is 0 Å². The van der Waals surface area contributed by atoms with Crippen molar-refractivity contribution in [2.45, 2.75) is 19.4 Å². The number of benzene rings is 2. The van der Waals surface area contributed by atoms with E-state index in [2.05, 4.69) is 6.58 Å². The third kappa shape index (κ3) is 5.63. The number of ether oxygens (including phenoxy) is 3. The maximum atomic E-state index is 13.9. The van der Waals surface area contributed by atoms with Gasteiger partial charge >= 0.3 is 0 Å². The summed E-state index contributed by atoms with van der Waals surface area (Å²) in [5, 5.41) is 11.7. The van der Waals surface area contributed by atoms with Crippen LogP contribution in [0.3, 0.4) is 0 Å². The number of fused-ring (bicyclic) bond motifs is 1. The standard InChI is InChI=1S/C30H34N2O7/c1-6-16-38-21-13-12-19(17-23(21)37-7-2)26-25(28(34)30(35)32(26)15-9-14-31(3)4)27(33)24-18-20-10-8-11-22(36-5)29(20)39-24/h6,8,10-13,17-18,26,34H,1,7,9,14-16H2,2-5H3. The summed E-state index contributed by atoms with van der Waals surface area (Å²) in [5.41, 5.74) is 0.961. The van der Waals surface area contributed by atoms with Crippen molar-refractivity contribution in [1.82, 2.24) is 9.80 Å². The number of furan rings is 1. The number of nitrogens with zero attached hydrogens (tertiary/aromatic N) is 2. The van der Waals surface area contributed by atoms with Crippen molar-refractivity contribution in [2.24, 2.45) is 0 Å². The summed E-state index contributed by atoms with van der Waals surface area (Å²) in [6.45, 7) is 7.27. The molecule has 0 aliphatic carbocycles. The summed E-state index contributed by atoms with van der Waals surface area (Å²) in [7, 11) is 5.41. The van der Waals surface area contributed by atoms with Gasteiger partial charge in [-0.05, 0) is 63.8 Å². The van der Waals surface area contributed by atoms with E-state index in [1.165, 1.54) is 12.0 Å². The van der Waals surface area contributed by atoms with Crippen LogP contribution in [0.15, 0.2) is 70.9 Å². The van der Waals surface area contributed by atoms with Gasteiger partial charge in [-0.3, -0.25) is 9.59 Å². The van der Waals surface area contributed by atoms with Crippen LogP contribution in [0.4, 0.5) is 0 Å². The number of carbonyl (C=O) groups is 2. The number of amides is 1. The van der Waals surface area contributed by atoms with E-state index in [9.17, 15) is 14.7 Å². The monoisotopic (exact) mass is 534 g/mol. The predicted octanol–water partition coefficient (Wildman–Crippen LogP) is 4.93. The average Bonchev–Trinajstić information content (AvgIpc) is 3.47. The molecule has 9 heteroatoms. The Morgan fingerprint density at radius 3 is 2.64 bits per heavy atom. The molecule has 0 spiro atoms. The SMILES string of the molecule is C=CCOc1ccc(C2C(C(=O)c3cc4cccc(OC)c4o3)=C(O)C(=O)N2CCCN(C)C)cc1OCC. The molecule has 2 aromatic carbocycles. The van der Waals surface area contributed by atoms with Crippen LogP contribution in [0.1, 0.15) is 35.5 Å². The van der Waals surface area contributed by atoms with E-state index in [1.807, 2.05) is 25.9 Å². The molecular weight excluding hydrogens is 500 g/mol. The van der Waals surface area contributed by atoms with Gasteiger partial charge in [0.2, 0.25) is 5.78 Å². The Morgan fingerprint density at radius 1 is 1.15 bits per heavy atom. The molecule has 1 aliphatic rings. The third-order valence-corrected chi connectivity index (χ3v) is 6.44. The molecular formula is C30H34N2O7. The zero-order chi connectivity index (χ0) is 28.1. The van der Waals surface area contributed by atoms with Crippen LogP contribution in [-0.2, 0) is 4.79 Å². The Balaban J connectivity index is 1.79. The molecule has 1 unspecified atom stereocenters. The minimum Gasteiger partial charge on any atom is -0.503 e. The van der Waals surface area contributed by atoms with Crippen molar-refractivity contribution < 1.29 is 33.3 Å². The number of aliphatic hydroxyl groups is 1. The van der Waals surface area contributed by atoms with Crippen molar-refractivity contribution in [1.29, 1.82) is 0 Å². The summed E-state index contributed by atoms with van der Waals surface area (Å²) in [6.07, 6.45) is 2.27. The molecule has 9 nitrogen and oxygen atoms in total. The normalized spacial score (nSPS) is 15.4. The van der Waals surface area contributed by atoms with E-state index in [0.29, 0.717) is 53.4 Å². The van der Waals surface area contributed by atoms with Crippen molar-refractivity contribution in [3.8, 4) is 17.2 Å². The van der Waals surface area contributed by atoms with E-state index >= 15 is 0 Å². The lowest BCUT2D eigenvalue weighted by Crippen LogP contribution is -2.33. The van der Waals surface area contributed by atoms with Crippen molar-refractivity contribution >= 4 is 22.7 Å². The molecule has 0 radical (unpaired) electrons. The van der Waals surface area contributed by atoms with Gasteiger partial charge in [-0.25, -0.2) is 0 Å². The number of ketones is 1. The van der Waals surface area contributed by atoms with Crippen LogP contribution >= 0.6 is 0 Å². The fourth-order valence-electron chi connectivity index (χ4n) is 4.69. The van der Waals surface area contributed by atoms with Gasteiger partial charge in [0.15, 0.2) is 34.4 Å². The quantitative estimate of drug-likeness (QED) is 0.243. The van der Waals surface area contributed by atoms with E-state index in [0.717, 1.165) is 6.54 Å². The van der Waals surface area contributed by atoms with Crippen LogP contribution in [0.25, 0.3) is 11.0 Å². The second-order valence-corrected chi connectivity index (χ2v) is 9.38. The van der Waals surface area contributed by atoms with Gasteiger partial charge in [0.05, 0.1) is 25.3 Å². The first-order valence-corrected chi connectivity index (χ1v) is 12.8. The first kappa shape index (κ1) is 27.8. The number of para-hydroxylation sites is 1. The number of aliphatic hydroxyl groups excluding tert-OH is 1. The lowest BCUT2D eigenvalue weighted by Gasteiger charge is -2.27. The fraction of sp³-hybridized carbons (Fsp3) is 0.333. The Bertz CT molecular complexity index is 1410. The summed E-state index contributed by atoms with van der Waals surface area (Å²) in [4.78, 5) is 30.8. The molecule has 1 amide bonds. The summed E-state index contributed by atoms with van der Waals surface area (Å²) in [6, 6.07) is 11.3. The van der Waals surface area contributed by atoms with Gasteiger partial charge < -0.3 is 33.5 Å². The molecule has 1 aliphatic heterocycles. The Kier molecular flexibility index (Phi) is 8.61. The lowest BCUT2D eigenvalue weighted by molar-refractivity contribution is -0.129. The van der Waals surface area contributed by atoms with Crippen LogP contribution in [0, 0.1) is 0 Å². The van der Waals surface area contributed by atoms with Crippen molar-refractivity contribution in [3.63, 3.8) is 0 Å². The minimum atomic E-state index is -0.852. The molecule has 3 aromatic rings. The molecule has 1 atom stereocenters. The number of Topliss-reactive ketones (excluding diaryl/α,β-unsaturated/α-hetero) is 1. The van der Waals surface area contributed by atoms with E-state index in [-0.39, 0.29) is 17.9 Å².